The molecule has 0 spiro atoms. The molecule has 0 N–H and O–H groups in total. The third kappa shape index (κ3) is 3.46. The summed E-state index contributed by atoms with van der Waals surface area (Å²) < 4.78 is 6.15. The molecule has 0 radical (unpaired) electrons. The number of methoxy groups -OCH3 is 1. The lowest BCUT2D eigenvalue weighted by Gasteiger charge is -2.38. The molecule has 0 heterocycles. The van der Waals surface area contributed by atoms with Crippen molar-refractivity contribution in [3.05, 3.63) is 45.2 Å². The van der Waals surface area contributed by atoms with Crippen molar-refractivity contribution in [2.24, 2.45) is 5.92 Å². The predicted molar refractivity (Wildman–Crippen MR) is 123 cm³/mol. The third-order valence-corrected chi connectivity index (χ3v) is 12.8. The summed E-state index contributed by atoms with van der Waals surface area (Å²) in [5, 5.41) is 3.26. The molecule has 150 valence electrons. The van der Waals surface area contributed by atoms with Crippen molar-refractivity contribution in [1.82, 2.24) is 0 Å². The molecular weight excluding hydrogens is 344 g/mol. The van der Waals surface area contributed by atoms with Crippen molar-refractivity contribution in [2.75, 3.05) is 7.11 Å². The van der Waals surface area contributed by atoms with E-state index in [1.165, 1.54) is 34.0 Å². The molecule has 1 aliphatic carbocycles. The van der Waals surface area contributed by atoms with Gasteiger partial charge in [0.15, 0.2) is 0 Å². The molecule has 1 atom stereocenters. The van der Waals surface area contributed by atoms with Crippen LogP contribution in [0.15, 0.2) is 34.0 Å². The molecule has 1 nitrogen and oxygen atoms in total. The highest BCUT2D eigenvalue weighted by Gasteiger charge is 2.44. The highest BCUT2D eigenvalue weighted by atomic mass is 28.3. The van der Waals surface area contributed by atoms with Crippen LogP contribution in [0, 0.1) is 12.8 Å². The molecule has 0 amide bonds. The van der Waals surface area contributed by atoms with E-state index in [1.807, 2.05) is 7.11 Å². The van der Waals surface area contributed by atoms with Crippen LogP contribution < -0.4 is 9.92 Å². The van der Waals surface area contributed by atoms with Gasteiger partial charge in [-0.25, -0.2) is 0 Å². The lowest BCUT2D eigenvalue weighted by atomic mass is 9.85. The number of hydrogen-bond acceptors (Lipinski definition) is 1. The SMILES string of the molecule is CC[Si](CC)(C1=C(C)C(C)=C(C)C1C)c1cc(C)cc(C(C)(C)C)c1OC. The Morgan fingerprint density at radius 3 is 1.89 bits per heavy atom. The van der Waals surface area contributed by atoms with Crippen LogP contribution in [0.4, 0.5) is 0 Å². The fraction of sp³-hybridized carbons (Fsp3) is 0.600. The van der Waals surface area contributed by atoms with E-state index in [1.54, 1.807) is 16.3 Å². The topological polar surface area (TPSA) is 9.23 Å². The van der Waals surface area contributed by atoms with Gasteiger partial charge in [-0.15, -0.1) is 0 Å². The number of benzene rings is 1. The first-order valence-corrected chi connectivity index (χ1v) is 13.0. The van der Waals surface area contributed by atoms with E-state index in [9.17, 15) is 0 Å². The molecule has 0 aromatic heterocycles. The zero-order chi connectivity index (χ0) is 20.7. The molecule has 2 heteroatoms. The maximum atomic E-state index is 6.15. The van der Waals surface area contributed by atoms with Gasteiger partial charge in [0.05, 0.1) is 7.11 Å². The summed E-state index contributed by atoms with van der Waals surface area (Å²) in [5.74, 6) is 1.71. The Balaban J connectivity index is 2.89. The summed E-state index contributed by atoms with van der Waals surface area (Å²) in [6.07, 6.45) is 0. The average molecular weight is 385 g/mol. The first-order chi connectivity index (χ1) is 12.5. The zero-order valence-corrected chi connectivity index (χ0v) is 20.6. The average Bonchev–Trinajstić information content (AvgIpc) is 2.80. The number of allylic oxidation sites excluding steroid dienone is 4. The number of ether oxygens (including phenoxy) is 1. The van der Waals surface area contributed by atoms with E-state index in [4.69, 9.17) is 4.74 Å². The Labute approximate surface area is 168 Å². The normalized spacial score (nSPS) is 18.6. The predicted octanol–water partition coefficient (Wildman–Crippen LogP) is 6.84. The van der Waals surface area contributed by atoms with Gasteiger partial charge in [-0.05, 0) is 55.4 Å². The zero-order valence-electron chi connectivity index (χ0n) is 19.6. The van der Waals surface area contributed by atoms with E-state index in [0.29, 0.717) is 5.92 Å². The largest absolute Gasteiger partial charge is 0.497 e. The van der Waals surface area contributed by atoms with Crippen molar-refractivity contribution in [3.63, 3.8) is 0 Å². The second-order valence-electron chi connectivity index (χ2n) is 9.50. The van der Waals surface area contributed by atoms with E-state index >= 15 is 0 Å². The van der Waals surface area contributed by atoms with Gasteiger partial charge in [0.25, 0.3) is 0 Å². The van der Waals surface area contributed by atoms with Crippen LogP contribution in [0.25, 0.3) is 0 Å². The third-order valence-electron chi connectivity index (χ3n) is 7.12. The summed E-state index contributed by atoms with van der Waals surface area (Å²) in [6, 6.07) is 7.24. The van der Waals surface area contributed by atoms with Crippen molar-refractivity contribution in [3.8, 4) is 5.75 Å². The fourth-order valence-corrected chi connectivity index (χ4v) is 10.6. The molecule has 2 rings (SSSR count). The van der Waals surface area contributed by atoms with Crippen molar-refractivity contribution < 1.29 is 4.74 Å². The van der Waals surface area contributed by atoms with Crippen LogP contribution in [0.1, 0.15) is 73.4 Å². The molecule has 0 aliphatic heterocycles. The summed E-state index contributed by atoms with van der Waals surface area (Å²) in [4.78, 5) is 0. The molecule has 0 saturated heterocycles. The minimum absolute atomic E-state index is 0.0720. The Morgan fingerprint density at radius 1 is 0.963 bits per heavy atom. The van der Waals surface area contributed by atoms with Gasteiger partial charge < -0.3 is 4.74 Å². The van der Waals surface area contributed by atoms with Crippen LogP contribution in [0.5, 0.6) is 5.75 Å². The van der Waals surface area contributed by atoms with Gasteiger partial charge >= 0.3 is 0 Å². The van der Waals surface area contributed by atoms with Gasteiger partial charge in [0.2, 0.25) is 0 Å². The Kier molecular flexibility index (Phi) is 6.21. The van der Waals surface area contributed by atoms with Gasteiger partial charge in [-0.1, -0.05) is 87.7 Å². The van der Waals surface area contributed by atoms with Crippen LogP contribution >= 0.6 is 0 Å². The molecule has 0 fully saturated rings. The van der Waals surface area contributed by atoms with Gasteiger partial charge in [0.1, 0.15) is 13.8 Å². The molecule has 1 unspecified atom stereocenters. The van der Waals surface area contributed by atoms with Gasteiger partial charge in [-0.3, -0.25) is 0 Å². The smallest absolute Gasteiger partial charge is 0.122 e. The summed E-state index contributed by atoms with van der Waals surface area (Å²) in [5.41, 5.74) is 7.41. The number of hydrogen-bond donors (Lipinski definition) is 0. The minimum atomic E-state index is -1.89. The van der Waals surface area contributed by atoms with Crippen molar-refractivity contribution in [1.29, 1.82) is 0 Å². The second-order valence-corrected chi connectivity index (χ2v) is 14.2. The lowest BCUT2D eigenvalue weighted by molar-refractivity contribution is 0.400. The Hall–Kier alpha value is -1.28. The minimum Gasteiger partial charge on any atom is -0.497 e. The molecule has 1 aromatic carbocycles. The van der Waals surface area contributed by atoms with Crippen LogP contribution in [0.2, 0.25) is 12.1 Å². The van der Waals surface area contributed by atoms with Gasteiger partial charge in [0, 0.05) is 0 Å². The Bertz CT molecular complexity index is 785. The first-order valence-electron chi connectivity index (χ1n) is 10.5. The van der Waals surface area contributed by atoms with Gasteiger partial charge in [-0.2, -0.15) is 0 Å². The van der Waals surface area contributed by atoms with E-state index in [-0.39, 0.29) is 5.41 Å². The molecule has 1 aliphatic rings. The first kappa shape index (κ1) is 22.0. The molecule has 27 heavy (non-hydrogen) atoms. The number of aryl methyl sites for hydroxylation is 1. The maximum absolute atomic E-state index is 6.15. The van der Waals surface area contributed by atoms with E-state index in [0.717, 1.165) is 5.75 Å². The van der Waals surface area contributed by atoms with Crippen LogP contribution in [0.3, 0.4) is 0 Å². The summed E-state index contributed by atoms with van der Waals surface area (Å²) in [7, 11) is -0.0273. The second kappa shape index (κ2) is 7.62. The highest BCUT2D eigenvalue weighted by Crippen LogP contribution is 2.45. The summed E-state index contributed by atoms with van der Waals surface area (Å²) in [6.45, 7) is 23.4. The van der Waals surface area contributed by atoms with E-state index in [2.05, 4.69) is 81.4 Å². The molecular formula is C25H40OSi. The van der Waals surface area contributed by atoms with Crippen LogP contribution in [-0.2, 0) is 5.41 Å². The lowest BCUT2D eigenvalue weighted by Crippen LogP contribution is -2.51. The van der Waals surface area contributed by atoms with Crippen LogP contribution in [-0.4, -0.2) is 15.2 Å². The van der Waals surface area contributed by atoms with E-state index < -0.39 is 8.07 Å². The number of rotatable bonds is 5. The monoisotopic (exact) mass is 384 g/mol. The molecule has 0 saturated carbocycles. The standard InChI is InChI=1S/C25H40OSi/c1-12-27(13-2,24-19(6)17(4)18(5)20(24)7)22-15-16(3)14-21(23(22)26-11)25(8,9)10/h14-15,19H,12-13H2,1-11H3. The van der Waals surface area contributed by atoms with Crippen molar-refractivity contribution >= 4 is 13.3 Å². The molecule has 0 bridgehead atoms. The van der Waals surface area contributed by atoms with Crippen molar-refractivity contribution in [2.45, 2.75) is 86.7 Å². The fourth-order valence-electron chi connectivity index (χ4n) is 5.20. The quantitative estimate of drug-likeness (QED) is 0.505. The Morgan fingerprint density at radius 2 is 1.52 bits per heavy atom. The highest BCUT2D eigenvalue weighted by molar-refractivity contribution is 6.98. The maximum Gasteiger partial charge on any atom is 0.122 e. The summed E-state index contributed by atoms with van der Waals surface area (Å²) >= 11 is 0. The molecule has 1 aromatic rings.